The monoisotopic (exact) mass is 596 g/mol. The van der Waals surface area contributed by atoms with Crippen LogP contribution in [-0.2, 0) is 27.1 Å². The highest BCUT2D eigenvalue weighted by Crippen LogP contribution is 2.43. The second-order valence-electron chi connectivity index (χ2n) is 13.6. The first kappa shape index (κ1) is 31.5. The Hall–Kier alpha value is -2.91. The molecule has 2 aromatic rings. The number of fused-ring (bicyclic) bond motifs is 2. The lowest BCUT2D eigenvalue weighted by atomic mass is 9.98. The number of likely N-dealkylation sites (N-methyl/N-ethyl adjacent to an activating group) is 1. The zero-order valence-corrected chi connectivity index (χ0v) is 26.7. The van der Waals surface area contributed by atoms with Crippen LogP contribution in [0.3, 0.4) is 0 Å². The van der Waals surface area contributed by atoms with Crippen molar-refractivity contribution in [1.82, 2.24) is 9.88 Å². The third-order valence-corrected chi connectivity index (χ3v) is 8.54. The van der Waals surface area contributed by atoms with Gasteiger partial charge in [0.25, 0.3) is 0 Å². The van der Waals surface area contributed by atoms with Gasteiger partial charge in [0.2, 0.25) is 0 Å². The van der Waals surface area contributed by atoms with Crippen molar-refractivity contribution in [1.29, 1.82) is 0 Å². The van der Waals surface area contributed by atoms with Gasteiger partial charge in [-0.1, -0.05) is 19.9 Å². The highest BCUT2D eigenvalue weighted by molar-refractivity contribution is 5.81. The van der Waals surface area contributed by atoms with Gasteiger partial charge in [0.05, 0.1) is 18.3 Å². The Bertz CT molecular complexity index is 1280. The Morgan fingerprint density at radius 3 is 2.79 bits per heavy atom. The molecule has 1 saturated heterocycles. The summed E-state index contributed by atoms with van der Waals surface area (Å²) in [5, 5.41) is 3.41. The molecule has 3 atom stereocenters. The molecule has 1 aromatic carbocycles. The summed E-state index contributed by atoms with van der Waals surface area (Å²) in [5.41, 5.74) is 2.93. The molecule has 4 heterocycles. The van der Waals surface area contributed by atoms with Crippen molar-refractivity contribution < 1.29 is 23.4 Å². The van der Waals surface area contributed by atoms with Gasteiger partial charge in [-0.05, 0) is 82.9 Å². The maximum atomic E-state index is 15.1. The minimum absolute atomic E-state index is 0.00704. The van der Waals surface area contributed by atoms with Crippen LogP contribution in [0.1, 0.15) is 83.2 Å². The molecule has 3 aliphatic rings. The number of halogens is 1. The molecule has 5 rings (SSSR count). The van der Waals surface area contributed by atoms with Gasteiger partial charge in [-0.3, -0.25) is 4.90 Å². The highest BCUT2D eigenvalue weighted by Gasteiger charge is 2.41. The third kappa shape index (κ3) is 7.79. The maximum absolute atomic E-state index is 15.1. The fraction of sp³-hybridized carbons (Fsp3) is 0.647. The van der Waals surface area contributed by atoms with Crippen molar-refractivity contribution >= 4 is 17.5 Å². The van der Waals surface area contributed by atoms with E-state index in [0.29, 0.717) is 43.2 Å². The van der Waals surface area contributed by atoms with E-state index in [0.717, 1.165) is 56.6 Å². The molecule has 8 nitrogen and oxygen atoms in total. The average Bonchev–Trinajstić information content (AvgIpc) is 3.40. The van der Waals surface area contributed by atoms with Crippen LogP contribution in [0.2, 0.25) is 0 Å². The summed E-state index contributed by atoms with van der Waals surface area (Å²) in [6.07, 6.45) is 5.84. The first-order chi connectivity index (χ1) is 20.5. The number of rotatable bonds is 10. The predicted octanol–water partition coefficient (Wildman–Crippen LogP) is 5.93. The quantitative estimate of drug-likeness (QED) is 0.267. The molecule has 1 aromatic heterocycles. The minimum atomic E-state index is -0.791. The molecule has 0 amide bonds. The normalized spacial score (nSPS) is 21.2. The lowest BCUT2D eigenvalue weighted by Crippen LogP contribution is -2.43. The van der Waals surface area contributed by atoms with Gasteiger partial charge in [-0.2, -0.15) is 0 Å². The molecular weight excluding hydrogens is 547 g/mol. The van der Waals surface area contributed by atoms with Crippen molar-refractivity contribution in [2.24, 2.45) is 5.92 Å². The summed E-state index contributed by atoms with van der Waals surface area (Å²) >= 11 is 0. The Labute approximate surface area is 256 Å². The second kappa shape index (κ2) is 13.4. The van der Waals surface area contributed by atoms with E-state index < -0.39 is 23.4 Å². The topological polar surface area (TPSA) is 76.2 Å². The standard InChI is InChI=1S/C34H49FN4O4/c1-22(2)29-21-38(6)28-19-24(35)18-27(31(28)42-29)30(33(40)43-34(3,4)5)39-16-14-26(20-39)41-17-8-7-11-25-13-12-23-10-9-15-36-32(23)37-25/h12-13,18-19,22,26,29-30H,7-11,14-17,20-21H2,1-6H3,(H,36,37)/t26-,29?,30?/m1/s1. The van der Waals surface area contributed by atoms with E-state index in [-0.39, 0.29) is 18.1 Å². The molecule has 1 fully saturated rings. The molecule has 2 unspecified atom stereocenters. The smallest absolute Gasteiger partial charge is 0.328 e. The summed E-state index contributed by atoms with van der Waals surface area (Å²) in [6.45, 7) is 13.3. The number of ether oxygens (including phenoxy) is 3. The summed E-state index contributed by atoms with van der Waals surface area (Å²) in [5.74, 6) is 1.09. The predicted molar refractivity (Wildman–Crippen MR) is 167 cm³/mol. The van der Waals surface area contributed by atoms with E-state index in [1.807, 2.05) is 32.7 Å². The van der Waals surface area contributed by atoms with Crippen LogP contribution in [0.15, 0.2) is 24.3 Å². The Kier molecular flexibility index (Phi) is 9.81. The molecule has 43 heavy (non-hydrogen) atoms. The van der Waals surface area contributed by atoms with Gasteiger partial charge in [0.1, 0.15) is 35.1 Å². The van der Waals surface area contributed by atoms with Crippen LogP contribution >= 0.6 is 0 Å². The first-order valence-corrected chi connectivity index (χ1v) is 16.0. The summed E-state index contributed by atoms with van der Waals surface area (Å²) < 4.78 is 33.7. The molecule has 0 aliphatic carbocycles. The minimum Gasteiger partial charge on any atom is -0.486 e. The van der Waals surface area contributed by atoms with Crippen LogP contribution in [0.5, 0.6) is 5.75 Å². The number of unbranched alkanes of at least 4 members (excludes halogenated alkanes) is 1. The highest BCUT2D eigenvalue weighted by atomic mass is 19.1. The molecule has 0 saturated carbocycles. The van der Waals surface area contributed by atoms with Crippen molar-refractivity contribution in [3.63, 3.8) is 0 Å². The number of hydrogen-bond donors (Lipinski definition) is 1. The van der Waals surface area contributed by atoms with Gasteiger partial charge in [0, 0.05) is 50.6 Å². The van der Waals surface area contributed by atoms with Crippen LogP contribution in [0.25, 0.3) is 0 Å². The average molecular weight is 597 g/mol. The number of likely N-dealkylation sites (tertiary alicyclic amines) is 1. The Morgan fingerprint density at radius 1 is 1.21 bits per heavy atom. The molecule has 9 heteroatoms. The molecule has 0 radical (unpaired) electrons. The fourth-order valence-corrected chi connectivity index (χ4v) is 6.24. The number of nitrogens with one attached hydrogen (secondary N) is 1. The van der Waals surface area contributed by atoms with E-state index in [1.54, 1.807) is 0 Å². The number of carbonyl (C=O) groups excluding carboxylic acids is 1. The van der Waals surface area contributed by atoms with Crippen molar-refractivity contribution in [3.8, 4) is 5.75 Å². The van der Waals surface area contributed by atoms with Crippen molar-refractivity contribution in [2.45, 2.75) is 97.0 Å². The fourth-order valence-electron chi connectivity index (χ4n) is 6.24. The number of aromatic nitrogens is 1. The lowest BCUT2D eigenvalue weighted by Gasteiger charge is -2.39. The van der Waals surface area contributed by atoms with Crippen LogP contribution < -0.4 is 15.0 Å². The number of nitrogens with zero attached hydrogens (tertiary/aromatic N) is 3. The van der Waals surface area contributed by atoms with Crippen LogP contribution in [0.4, 0.5) is 15.9 Å². The third-order valence-electron chi connectivity index (χ3n) is 8.54. The SMILES string of the molecule is CC(C)C1CN(C)c2cc(F)cc(C(C(=O)OC(C)(C)C)N3CC[C@@H](OCCCCc4ccc5c(n4)NCCC5)C3)c2O1. The van der Waals surface area contributed by atoms with Crippen LogP contribution in [0, 0.1) is 11.7 Å². The van der Waals surface area contributed by atoms with Crippen molar-refractivity contribution in [3.05, 3.63) is 46.9 Å². The summed E-state index contributed by atoms with van der Waals surface area (Å²) in [7, 11) is 1.95. The van der Waals surface area contributed by atoms with Crippen LogP contribution in [-0.4, -0.2) is 73.5 Å². The molecule has 0 spiro atoms. The summed E-state index contributed by atoms with van der Waals surface area (Å²) in [6, 6.07) is 6.50. The lowest BCUT2D eigenvalue weighted by molar-refractivity contribution is -0.161. The number of benzene rings is 1. The number of carbonyl (C=O) groups is 1. The molecule has 1 N–H and O–H groups in total. The van der Waals surface area contributed by atoms with Gasteiger partial charge in [-0.15, -0.1) is 0 Å². The summed E-state index contributed by atoms with van der Waals surface area (Å²) in [4.78, 5) is 22.7. The molecule has 3 aliphatic heterocycles. The van der Waals surface area contributed by atoms with Gasteiger partial charge >= 0.3 is 5.97 Å². The number of aryl methyl sites for hydroxylation is 2. The second-order valence-corrected chi connectivity index (χ2v) is 13.6. The zero-order chi connectivity index (χ0) is 30.7. The number of pyridine rings is 1. The number of hydrogen-bond acceptors (Lipinski definition) is 8. The van der Waals surface area contributed by atoms with E-state index in [2.05, 4.69) is 36.2 Å². The molecule has 236 valence electrons. The van der Waals surface area contributed by atoms with E-state index >= 15 is 4.39 Å². The van der Waals surface area contributed by atoms with E-state index in [4.69, 9.17) is 19.2 Å². The van der Waals surface area contributed by atoms with Gasteiger partial charge < -0.3 is 24.4 Å². The largest absolute Gasteiger partial charge is 0.486 e. The van der Waals surface area contributed by atoms with E-state index in [1.165, 1.54) is 17.7 Å². The van der Waals surface area contributed by atoms with Gasteiger partial charge in [-0.25, -0.2) is 14.2 Å². The molecular formula is C34H49FN4O4. The first-order valence-electron chi connectivity index (χ1n) is 16.0. The van der Waals surface area contributed by atoms with Gasteiger partial charge in [0.15, 0.2) is 0 Å². The van der Waals surface area contributed by atoms with Crippen molar-refractivity contribution in [2.75, 3.05) is 50.1 Å². The Morgan fingerprint density at radius 2 is 2.02 bits per heavy atom. The Balaban J connectivity index is 1.24. The number of anilines is 2. The van der Waals surface area contributed by atoms with E-state index in [9.17, 15) is 4.79 Å². The number of esters is 1. The zero-order valence-electron chi connectivity index (χ0n) is 26.7. The maximum Gasteiger partial charge on any atom is 0.328 e. The molecule has 0 bridgehead atoms.